The predicted octanol–water partition coefficient (Wildman–Crippen LogP) is 20.6. The van der Waals surface area contributed by atoms with Gasteiger partial charge in [-0.1, -0.05) is 319 Å². The fraction of sp³-hybridized carbons (Fsp3) is 0.859. The lowest BCUT2D eigenvalue weighted by atomic mass is 10.0. The number of rotatable bonds is 57. The highest BCUT2D eigenvalue weighted by Crippen LogP contribution is 2.18. The maximum atomic E-state index is 12.5. The molecule has 68 heavy (non-hydrogen) atoms. The minimum atomic E-state index is -0.846. The summed E-state index contributed by atoms with van der Waals surface area (Å²) in [6, 6.07) is -0.629. The van der Waals surface area contributed by atoms with Crippen LogP contribution in [0.1, 0.15) is 335 Å². The first kappa shape index (κ1) is 66.3. The van der Waals surface area contributed by atoms with Gasteiger partial charge in [-0.25, -0.2) is 0 Å². The zero-order valence-electron chi connectivity index (χ0n) is 46.1. The Bertz CT molecular complexity index is 1080. The van der Waals surface area contributed by atoms with Gasteiger partial charge in [0.2, 0.25) is 5.91 Å². The highest BCUT2D eigenvalue weighted by Gasteiger charge is 2.18. The molecule has 0 aromatic rings. The first-order valence-electron chi connectivity index (χ1n) is 30.9. The molecule has 0 aliphatic carbocycles. The van der Waals surface area contributed by atoms with Crippen molar-refractivity contribution in [1.82, 2.24) is 5.32 Å². The zero-order valence-corrected chi connectivity index (χ0v) is 46.1. The molecule has 400 valence electrons. The normalized spacial score (nSPS) is 13.1. The van der Waals surface area contributed by atoms with Crippen LogP contribution in [0, 0.1) is 0 Å². The van der Waals surface area contributed by atoms with Crippen LogP contribution < -0.4 is 5.32 Å². The average Bonchev–Trinajstić information content (AvgIpc) is 3.34. The van der Waals surface area contributed by atoms with Gasteiger partial charge in [-0.05, 0) is 57.8 Å². The molecule has 0 aliphatic rings. The summed E-state index contributed by atoms with van der Waals surface area (Å²) in [4.78, 5) is 12.5. The van der Waals surface area contributed by atoms with E-state index < -0.39 is 12.1 Å². The zero-order chi connectivity index (χ0) is 49.2. The number of hydrogen-bond acceptors (Lipinski definition) is 3. The lowest BCUT2D eigenvalue weighted by Crippen LogP contribution is -2.45. The van der Waals surface area contributed by atoms with Gasteiger partial charge in [-0.15, -0.1) is 0 Å². The summed E-state index contributed by atoms with van der Waals surface area (Å²) in [5.74, 6) is -0.0680. The number of hydrogen-bond donors (Lipinski definition) is 3. The number of aliphatic hydroxyl groups excluding tert-OH is 2. The van der Waals surface area contributed by atoms with E-state index in [-0.39, 0.29) is 12.5 Å². The topological polar surface area (TPSA) is 69.6 Å². The van der Waals surface area contributed by atoms with Crippen molar-refractivity contribution < 1.29 is 15.0 Å². The van der Waals surface area contributed by atoms with Crippen LogP contribution in [0.25, 0.3) is 0 Å². The molecule has 1 amide bonds. The van der Waals surface area contributed by atoms with Crippen LogP contribution >= 0.6 is 0 Å². The van der Waals surface area contributed by atoms with Crippen molar-refractivity contribution in [3.63, 3.8) is 0 Å². The second-order valence-electron chi connectivity index (χ2n) is 21.1. The van der Waals surface area contributed by atoms with Gasteiger partial charge in [-0.2, -0.15) is 0 Å². The first-order chi connectivity index (χ1) is 33.7. The molecular formula is C64H121NO3. The van der Waals surface area contributed by atoms with E-state index in [9.17, 15) is 15.0 Å². The number of aliphatic hydroxyl groups is 2. The van der Waals surface area contributed by atoms with Crippen molar-refractivity contribution in [2.75, 3.05) is 6.61 Å². The van der Waals surface area contributed by atoms with Gasteiger partial charge < -0.3 is 15.5 Å². The summed E-state index contributed by atoms with van der Waals surface area (Å²) in [6.45, 7) is 4.33. The summed E-state index contributed by atoms with van der Waals surface area (Å²) >= 11 is 0. The molecule has 3 N–H and O–H groups in total. The van der Waals surface area contributed by atoms with E-state index in [1.807, 2.05) is 6.08 Å². The summed E-state index contributed by atoms with van der Waals surface area (Å²) in [7, 11) is 0. The second-order valence-corrected chi connectivity index (χ2v) is 21.1. The van der Waals surface area contributed by atoms with Crippen LogP contribution in [-0.2, 0) is 4.79 Å². The summed E-state index contributed by atoms with van der Waals surface area (Å²) < 4.78 is 0. The molecule has 0 fully saturated rings. The Morgan fingerprint density at radius 2 is 0.603 bits per heavy atom. The van der Waals surface area contributed by atoms with Crippen LogP contribution in [0.3, 0.4) is 0 Å². The lowest BCUT2D eigenvalue weighted by molar-refractivity contribution is -0.123. The monoisotopic (exact) mass is 952 g/mol. The summed E-state index contributed by atoms with van der Waals surface area (Å²) in [5, 5.41) is 23.2. The molecule has 0 aromatic heterocycles. The molecule has 0 radical (unpaired) electrons. The molecule has 0 aromatic carbocycles. The number of nitrogens with one attached hydrogen (secondary N) is 1. The van der Waals surface area contributed by atoms with E-state index in [2.05, 4.69) is 55.6 Å². The SMILES string of the molecule is CCCCCCC/C=C\C/C=C\C/C=C\CCCCCCCCCCC(=O)NC(CO)C(O)/C=C/CCCCCCCCCCCCCCCCCCCCCCCCCCCCCCCCC. The van der Waals surface area contributed by atoms with Crippen molar-refractivity contribution >= 4 is 5.91 Å². The van der Waals surface area contributed by atoms with Gasteiger partial charge in [0.1, 0.15) is 0 Å². The van der Waals surface area contributed by atoms with Crippen LogP contribution in [0.2, 0.25) is 0 Å². The molecule has 2 atom stereocenters. The number of amides is 1. The third-order valence-corrected chi connectivity index (χ3v) is 14.3. The minimum absolute atomic E-state index is 0.0680. The Hall–Kier alpha value is -1.65. The summed E-state index contributed by atoms with van der Waals surface area (Å²) in [5.41, 5.74) is 0. The van der Waals surface area contributed by atoms with Crippen molar-refractivity contribution in [2.45, 2.75) is 347 Å². The number of carbonyl (C=O) groups excluding carboxylic acids is 1. The smallest absolute Gasteiger partial charge is 0.220 e. The largest absolute Gasteiger partial charge is 0.394 e. The molecular weight excluding hydrogens is 831 g/mol. The van der Waals surface area contributed by atoms with Gasteiger partial charge in [0.15, 0.2) is 0 Å². The van der Waals surface area contributed by atoms with Crippen molar-refractivity contribution in [2.24, 2.45) is 0 Å². The fourth-order valence-corrected chi connectivity index (χ4v) is 9.60. The highest BCUT2D eigenvalue weighted by atomic mass is 16.3. The standard InChI is InChI=1S/C64H121NO3/c1-3-5-7-9-11-13-15-17-19-21-23-25-27-28-29-30-31-32-33-34-35-36-38-39-41-43-45-47-49-51-53-55-57-59-63(67)62(61-66)65-64(68)60-58-56-54-52-50-48-46-44-42-40-37-26-24-22-20-18-16-14-12-10-8-6-4-2/h16,18,22,24,37,40,57,59,62-63,66-67H,3-15,17,19-21,23,25-36,38-39,41-56,58,60-61H2,1-2H3,(H,65,68)/b18-16-,24-22-,40-37-,59-57+. The van der Waals surface area contributed by atoms with E-state index in [4.69, 9.17) is 0 Å². The van der Waals surface area contributed by atoms with Crippen LogP contribution in [-0.4, -0.2) is 34.9 Å². The minimum Gasteiger partial charge on any atom is -0.394 e. The molecule has 0 spiro atoms. The van der Waals surface area contributed by atoms with E-state index in [1.165, 1.54) is 276 Å². The molecule has 0 bridgehead atoms. The van der Waals surface area contributed by atoms with Crippen LogP contribution in [0.5, 0.6) is 0 Å². The third-order valence-electron chi connectivity index (χ3n) is 14.3. The number of unbranched alkanes of at least 4 members (excludes halogenated alkanes) is 44. The molecule has 4 nitrogen and oxygen atoms in total. The maximum Gasteiger partial charge on any atom is 0.220 e. The van der Waals surface area contributed by atoms with E-state index >= 15 is 0 Å². The van der Waals surface area contributed by atoms with E-state index in [0.717, 1.165) is 38.5 Å². The number of carbonyl (C=O) groups is 1. The van der Waals surface area contributed by atoms with Gasteiger partial charge in [-0.3, -0.25) is 4.79 Å². The Balaban J connectivity index is 3.47. The third kappa shape index (κ3) is 55.3. The van der Waals surface area contributed by atoms with Gasteiger partial charge in [0.25, 0.3) is 0 Å². The van der Waals surface area contributed by atoms with E-state index in [1.54, 1.807) is 6.08 Å². The Morgan fingerprint density at radius 3 is 0.897 bits per heavy atom. The fourth-order valence-electron chi connectivity index (χ4n) is 9.60. The number of allylic oxidation sites excluding steroid dienone is 7. The lowest BCUT2D eigenvalue weighted by Gasteiger charge is -2.20. The van der Waals surface area contributed by atoms with Gasteiger partial charge >= 0.3 is 0 Å². The van der Waals surface area contributed by atoms with Crippen molar-refractivity contribution in [1.29, 1.82) is 0 Å². The quantitative estimate of drug-likeness (QED) is 0.0420. The Morgan fingerprint density at radius 1 is 0.353 bits per heavy atom. The second kappa shape index (κ2) is 59.7. The molecule has 0 saturated carbocycles. The molecule has 0 rings (SSSR count). The van der Waals surface area contributed by atoms with Crippen LogP contribution in [0.4, 0.5) is 0 Å². The highest BCUT2D eigenvalue weighted by molar-refractivity contribution is 5.76. The van der Waals surface area contributed by atoms with Crippen molar-refractivity contribution in [3.8, 4) is 0 Å². The molecule has 0 saturated heterocycles. The summed E-state index contributed by atoms with van der Waals surface area (Å²) in [6.07, 6.45) is 83.0. The molecule has 2 unspecified atom stereocenters. The average molecular weight is 953 g/mol. The Kier molecular flexibility index (Phi) is 58.2. The molecule has 0 aliphatic heterocycles. The Labute approximate surface area is 426 Å². The molecule has 0 heterocycles. The van der Waals surface area contributed by atoms with Gasteiger partial charge in [0.05, 0.1) is 18.8 Å². The van der Waals surface area contributed by atoms with Crippen LogP contribution in [0.15, 0.2) is 48.6 Å². The van der Waals surface area contributed by atoms with Gasteiger partial charge in [0, 0.05) is 6.42 Å². The maximum absolute atomic E-state index is 12.5. The van der Waals surface area contributed by atoms with E-state index in [0.29, 0.717) is 6.42 Å². The molecule has 4 heteroatoms. The predicted molar refractivity (Wildman–Crippen MR) is 304 cm³/mol. The first-order valence-corrected chi connectivity index (χ1v) is 30.9. The van der Waals surface area contributed by atoms with Crippen molar-refractivity contribution in [3.05, 3.63) is 48.6 Å².